The molecule has 2 saturated heterocycles. The molecule has 20 heavy (non-hydrogen) atoms. The number of rotatable bonds is 2. The Kier molecular flexibility index (Phi) is 5.07. The minimum atomic E-state index is -3.10. The number of nitrogens with zero attached hydrogens (tertiary/aromatic N) is 2. The van der Waals surface area contributed by atoms with Crippen LogP contribution in [0.4, 0.5) is 0 Å². The first-order valence-electron chi connectivity index (χ1n) is 7.62. The SMILES string of the molecule is CC1CCCN(C(=O)C2CCN(S(C)(=O)=O)CC2)CC1. The summed E-state index contributed by atoms with van der Waals surface area (Å²) in [7, 11) is -3.10. The van der Waals surface area contributed by atoms with E-state index < -0.39 is 10.0 Å². The number of piperidine rings is 1. The quantitative estimate of drug-likeness (QED) is 0.773. The van der Waals surface area contributed by atoms with Gasteiger partial charge in [0.05, 0.1) is 6.26 Å². The molecule has 116 valence electrons. The van der Waals surface area contributed by atoms with Gasteiger partial charge in [0.2, 0.25) is 15.9 Å². The normalized spacial score (nSPS) is 27.3. The summed E-state index contributed by atoms with van der Waals surface area (Å²) in [4.78, 5) is 14.5. The molecule has 0 aliphatic carbocycles. The van der Waals surface area contributed by atoms with E-state index in [0.29, 0.717) is 31.8 Å². The lowest BCUT2D eigenvalue weighted by molar-refractivity contribution is -0.136. The van der Waals surface area contributed by atoms with E-state index in [1.165, 1.54) is 17.0 Å². The Morgan fingerprint density at radius 3 is 2.25 bits per heavy atom. The molecule has 1 unspecified atom stereocenters. The first kappa shape index (κ1) is 15.8. The van der Waals surface area contributed by atoms with E-state index in [1.54, 1.807) is 0 Å². The molecule has 2 heterocycles. The maximum atomic E-state index is 12.5. The van der Waals surface area contributed by atoms with Crippen molar-refractivity contribution in [2.75, 3.05) is 32.4 Å². The van der Waals surface area contributed by atoms with Gasteiger partial charge in [-0.1, -0.05) is 6.92 Å². The molecule has 2 aliphatic rings. The highest BCUT2D eigenvalue weighted by Gasteiger charge is 2.31. The van der Waals surface area contributed by atoms with Gasteiger partial charge in [0, 0.05) is 32.1 Å². The fourth-order valence-electron chi connectivity index (χ4n) is 3.18. The molecule has 0 aromatic heterocycles. The van der Waals surface area contributed by atoms with Crippen molar-refractivity contribution in [3.05, 3.63) is 0 Å². The summed E-state index contributed by atoms with van der Waals surface area (Å²) in [5.41, 5.74) is 0. The molecular formula is C14H26N2O3S. The molecule has 2 fully saturated rings. The van der Waals surface area contributed by atoms with E-state index >= 15 is 0 Å². The van der Waals surface area contributed by atoms with Crippen molar-refractivity contribution in [1.82, 2.24) is 9.21 Å². The topological polar surface area (TPSA) is 57.7 Å². The predicted molar refractivity (Wildman–Crippen MR) is 78.7 cm³/mol. The summed E-state index contributed by atoms with van der Waals surface area (Å²) in [5.74, 6) is 0.966. The molecule has 0 saturated carbocycles. The first-order valence-corrected chi connectivity index (χ1v) is 9.46. The molecule has 0 aromatic rings. The highest BCUT2D eigenvalue weighted by atomic mass is 32.2. The minimum Gasteiger partial charge on any atom is -0.342 e. The number of carbonyl (C=O) groups is 1. The van der Waals surface area contributed by atoms with E-state index in [-0.39, 0.29) is 11.8 Å². The van der Waals surface area contributed by atoms with Crippen LogP contribution >= 0.6 is 0 Å². The van der Waals surface area contributed by atoms with Gasteiger partial charge in [-0.15, -0.1) is 0 Å². The molecule has 6 heteroatoms. The number of amides is 1. The smallest absolute Gasteiger partial charge is 0.225 e. The zero-order valence-electron chi connectivity index (χ0n) is 12.5. The van der Waals surface area contributed by atoms with Crippen LogP contribution in [0.1, 0.15) is 39.0 Å². The Balaban J connectivity index is 1.88. The Morgan fingerprint density at radius 2 is 1.65 bits per heavy atom. The summed E-state index contributed by atoms with van der Waals surface area (Å²) < 4.78 is 24.4. The van der Waals surface area contributed by atoms with Crippen molar-refractivity contribution >= 4 is 15.9 Å². The van der Waals surface area contributed by atoms with Crippen LogP contribution in [0.2, 0.25) is 0 Å². The van der Waals surface area contributed by atoms with Crippen LogP contribution in [0.15, 0.2) is 0 Å². The molecule has 5 nitrogen and oxygen atoms in total. The van der Waals surface area contributed by atoms with Gasteiger partial charge in [0.15, 0.2) is 0 Å². The van der Waals surface area contributed by atoms with Crippen molar-refractivity contribution in [2.24, 2.45) is 11.8 Å². The van der Waals surface area contributed by atoms with Crippen LogP contribution in [-0.4, -0.2) is 56.0 Å². The number of sulfonamides is 1. The van der Waals surface area contributed by atoms with Crippen LogP contribution in [0.3, 0.4) is 0 Å². The summed E-state index contributed by atoms with van der Waals surface area (Å²) in [6.07, 6.45) is 5.96. The molecular weight excluding hydrogens is 276 g/mol. The Bertz CT molecular complexity index is 441. The average molecular weight is 302 g/mol. The predicted octanol–water partition coefficient (Wildman–Crippen LogP) is 1.31. The molecule has 2 rings (SSSR count). The third kappa shape index (κ3) is 3.95. The highest BCUT2D eigenvalue weighted by Crippen LogP contribution is 2.24. The Labute approximate surface area is 122 Å². The lowest BCUT2D eigenvalue weighted by atomic mass is 9.96. The van der Waals surface area contributed by atoms with Gasteiger partial charge >= 0.3 is 0 Å². The van der Waals surface area contributed by atoms with Gasteiger partial charge in [-0.25, -0.2) is 12.7 Å². The van der Waals surface area contributed by atoms with Crippen LogP contribution < -0.4 is 0 Å². The molecule has 0 bridgehead atoms. The number of carbonyl (C=O) groups excluding carboxylic acids is 1. The van der Waals surface area contributed by atoms with Gasteiger partial charge < -0.3 is 4.90 Å². The molecule has 0 radical (unpaired) electrons. The maximum Gasteiger partial charge on any atom is 0.225 e. The summed E-state index contributed by atoms with van der Waals surface area (Å²) in [6, 6.07) is 0. The van der Waals surface area contributed by atoms with Crippen LogP contribution in [-0.2, 0) is 14.8 Å². The monoisotopic (exact) mass is 302 g/mol. The molecule has 1 atom stereocenters. The summed E-state index contributed by atoms with van der Waals surface area (Å²) in [6.45, 7) is 4.96. The van der Waals surface area contributed by atoms with E-state index in [0.717, 1.165) is 25.9 Å². The van der Waals surface area contributed by atoms with Crippen molar-refractivity contribution in [2.45, 2.75) is 39.0 Å². The van der Waals surface area contributed by atoms with Gasteiger partial charge in [0.25, 0.3) is 0 Å². The first-order chi connectivity index (χ1) is 9.38. The maximum absolute atomic E-state index is 12.5. The van der Waals surface area contributed by atoms with Crippen molar-refractivity contribution in [3.8, 4) is 0 Å². The highest BCUT2D eigenvalue weighted by molar-refractivity contribution is 7.88. The standard InChI is InChI=1S/C14H26N2O3S/c1-12-4-3-8-15(9-5-12)14(17)13-6-10-16(11-7-13)20(2,18)19/h12-13H,3-11H2,1-2H3. The Hall–Kier alpha value is -0.620. The number of likely N-dealkylation sites (tertiary alicyclic amines) is 1. The number of hydrogen-bond donors (Lipinski definition) is 0. The fourth-order valence-corrected chi connectivity index (χ4v) is 4.05. The van der Waals surface area contributed by atoms with Crippen molar-refractivity contribution < 1.29 is 13.2 Å². The summed E-state index contributed by atoms with van der Waals surface area (Å²) in [5, 5.41) is 0. The second kappa shape index (κ2) is 6.43. The second-order valence-electron chi connectivity index (χ2n) is 6.30. The Morgan fingerprint density at radius 1 is 1.00 bits per heavy atom. The van der Waals surface area contributed by atoms with Crippen LogP contribution in [0.25, 0.3) is 0 Å². The van der Waals surface area contributed by atoms with Crippen LogP contribution in [0, 0.1) is 11.8 Å². The molecule has 0 spiro atoms. The number of hydrogen-bond acceptors (Lipinski definition) is 3. The minimum absolute atomic E-state index is 0.0152. The van der Waals surface area contributed by atoms with E-state index in [2.05, 4.69) is 6.92 Å². The van der Waals surface area contributed by atoms with E-state index in [1.807, 2.05) is 4.90 Å². The average Bonchev–Trinajstić information content (AvgIpc) is 2.62. The molecule has 0 aromatic carbocycles. The second-order valence-corrected chi connectivity index (χ2v) is 8.28. The van der Waals surface area contributed by atoms with E-state index in [9.17, 15) is 13.2 Å². The van der Waals surface area contributed by atoms with Gasteiger partial charge in [-0.2, -0.15) is 0 Å². The van der Waals surface area contributed by atoms with Crippen molar-refractivity contribution in [1.29, 1.82) is 0 Å². The third-order valence-corrected chi connectivity index (χ3v) is 5.90. The third-order valence-electron chi connectivity index (χ3n) is 4.60. The molecule has 1 amide bonds. The van der Waals surface area contributed by atoms with Gasteiger partial charge in [0.1, 0.15) is 0 Å². The lowest BCUT2D eigenvalue weighted by Gasteiger charge is -2.32. The van der Waals surface area contributed by atoms with Gasteiger partial charge in [-0.05, 0) is 38.0 Å². The summed E-state index contributed by atoms with van der Waals surface area (Å²) >= 11 is 0. The fraction of sp³-hybridized carbons (Fsp3) is 0.929. The molecule has 2 aliphatic heterocycles. The molecule has 0 N–H and O–H groups in total. The zero-order chi connectivity index (χ0) is 14.8. The van der Waals surface area contributed by atoms with E-state index in [4.69, 9.17) is 0 Å². The van der Waals surface area contributed by atoms with Gasteiger partial charge in [-0.3, -0.25) is 4.79 Å². The van der Waals surface area contributed by atoms with Crippen LogP contribution in [0.5, 0.6) is 0 Å². The zero-order valence-corrected chi connectivity index (χ0v) is 13.4. The largest absolute Gasteiger partial charge is 0.342 e. The lowest BCUT2D eigenvalue weighted by Crippen LogP contribution is -2.44. The van der Waals surface area contributed by atoms with Crippen molar-refractivity contribution in [3.63, 3.8) is 0 Å².